The molecule has 1 fully saturated rings. The van der Waals surface area contributed by atoms with Gasteiger partial charge >= 0.3 is 0 Å². The number of rotatable bonds is 6. The van der Waals surface area contributed by atoms with E-state index in [0.29, 0.717) is 18.3 Å². The van der Waals surface area contributed by atoms with E-state index < -0.39 is 0 Å². The van der Waals surface area contributed by atoms with Gasteiger partial charge in [0.2, 0.25) is 5.82 Å². The Balaban J connectivity index is 1.87. The van der Waals surface area contributed by atoms with E-state index in [1.165, 1.54) is 5.56 Å². The van der Waals surface area contributed by atoms with Gasteiger partial charge in [-0.25, -0.2) is 9.67 Å². The van der Waals surface area contributed by atoms with Crippen LogP contribution in [0.2, 0.25) is 0 Å². The van der Waals surface area contributed by atoms with E-state index in [0.717, 1.165) is 24.9 Å². The molecular formula is C19H26N4O2. The van der Waals surface area contributed by atoms with E-state index in [9.17, 15) is 4.79 Å². The summed E-state index contributed by atoms with van der Waals surface area (Å²) in [5, 5.41) is 7.55. The minimum absolute atomic E-state index is 0.207. The molecule has 1 amide bonds. The van der Waals surface area contributed by atoms with Crippen molar-refractivity contribution in [3.05, 3.63) is 41.5 Å². The lowest BCUT2D eigenvalue weighted by Crippen LogP contribution is -2.56. The number of hydrogen-bond donors (Lipinski definition) is 1. The summed E-state index contributed by atoms with van der Waals surface area (Å²) < 4.78 is 7.02. The molecule has 0 radical (unpaired) electrons. The molecule has 6 heteroatoms. The number of methoxy groups -OCH3 is 1. The first-order chi connectivity index (χ1) is 12.0. The zero-order valence-corrected chi connectivity index (χ0v) is 15.4. The van der Waals surface area contributed by atoms with Gasteiger partial charge in [0.1, 0.15) is 5.82 Å². The topological polar surface area (TPSA) is 69.0 Å². The third-order valence-electron chi connectivity index (χ3n) is 4.87. The van der Waals surface area contributed by atoms with Crippen molar-refractivity contribution in [3.8, 4) is 5.69 Å². The summed E-state index contributed by atoms with van der Waals surface area (Å²) in [5.41, 5.74) is 1.88. The Kier molecular flexibility index (Phi) is 4.90. The van der Waals surface area contributed by atoms with Crippen LogP contribution in [0.25, 0.3) is 5.69 Å². The molecule has 0 saturated heterocycles. The number of hydrogen-bond acceptors (Lipinski definition) is 4. The number of amides is 1. The highest BCUT2D eigenvalue weighted by atomic mass is 16.5. The molecule has 0 spiro atoms. The average molecular weight is 342 g/mol. The van der Waals surface area contributed by atoms with E-state index in [1.807, 2.05) is 25.1 Å². The average Bonchev–Trinajstić information content (AvgIpc) is 2.94. The molecule has 2 aromatic rings. The van der Waals surface area contributed by atoms with E-state index in [2.05, 4.69) is 35.3 Å². The van der Waals surface area contributed by atoms with Crippen LogP contribution in [0.4, 0.5) is 0 Å². The zero-order chi connectivity index (χ0) is 18.0. The summed E-state index contributed by atoms with van der Waals surface area (Å²) in [5.74, 6) is 1.03. The number of aromatic nitrogens is 3. The lowest BCUT2D eigenvalue weighted by molar-refractivity contribution is 0.0471. The van der Waals surface area contributed by atoms with Crippen LogP contribution in [-0.2, 0) is 4.74 Å². The SMILES string of the molecule is COCC1(NC(=O)c2nc(C)n(-c3ccccc3C(C)C)n2)CCC1. The van der Waals surface area contributed by atoms with Crippen LogP contribution in [0.1, 0.15) is 61.0 Å². The third kappa shape index (κ3) is 3.44. The van der Waals surface area contributed by atoms with Crippen molar-refractivity contribution in [3.63, 3.8) is 0 Å². The van der Waals surface area contributed by atoms with Gasteiger partial charge in [0, 0.05) is 7.11 Å². The molecule has 1 aliphatic rings. The highest BCUT2D eigenvalue weighted by Gasteiger charge is 2.39. The minimum Gasteiger partial charge on any atom is -0.382 e. The van der Waals surface area contributed by atoms with Crippen LogP contribution in [0.5, 0.6) is 0 Å². The predicted molar refractivity (Wildman–Crippen MR) is 96.1 cm³/mol. The number of carbonyl (C=O) groups excluding carboxylic acids is 1. The Hall–Kier alpha value is -2.21. The molecule has 134 valence electrons. The van der Waals surface area contributed by atoms with Crippen LogP contribution in [0, 0.1) is 6.92 Å². The second-order valence-corrected chi connectivity index (χ2v) is 7.13. The molecule has 1 aromatic heterocycles. The fraction of sp³-hybridized carbons (Fsp3) is 0.526. The fourth-order valence-corrected chi connectivity index (χ4v) is 3.37. The summed E-state index contributed by atoms with van der Waals surface area (Å²) in [6.45, 7) is 6.68. The van der Waals surface area contributed by atoms with E-state index in [-0.39, 0.29) is 17.3 Å². The number of nitrogens with one attached hydrogen (secondary N) is 1. The summed E-state index contributed by atoms with van der Waals surface area (Å²) in [7, 11) is 1.66. The van der Waals surface area contributed by atoms with E-state index in [4.69, 9.17) is 4.74 Å². The Labute approximate surface area is 148 Å². The number of carbonyl (C=O) groups is 1. The van der Waals surface area contributed by atoms with Gasteiger partial charge in [0.05, 0.1) is 17.8 Å². The van der Waals surface area contributed by atoms with Gasteiger partial charge in [-0.05, 0) is 43.7 Å². The molecule has 1 aliphatic carbocycles. The maximum atomic E-state index is 12.6. The second-order valence-electron chi connectivity index (χ2n) is 7.13. The third-order valence-corrected chi connectivity index (χ3v) is 4.87. The summed E-state index contributed by atoms with van der Waals surface area (Å²) in [6, 6.07) is 8.09. The number of ether oxygens (including phenoxy) is 1. The van der Waals surface area contributed by atoms with Crippen LogP contribution >= 0.6 is 0 Å². The highest BCUT2D eigenvalue weighted by molar-refractivity contribution is 5.91. The molecular weight excluding hydrogens is 316 g/mol. The van der Waals surface area contributed by atoms with Gasteiger partial charge in [0.15, 0.2) is 0 Å². The van der Waals surface area contributed by atoms with Gasteiger partial charge in [-0.15, -0.1) is 5.10 Å². The number of benzene rings is 1. The smallest absolute Gasteiger partial charge is 0.291 e. The van der Waals surface area contributed by atoms with Gasteiger partial charge in [0.25, 0.3) is 5.91 Å². The first kappa shape index (κ1) is 17.6. The molecule has 1 aromatic carbocycles. The second kappa shape index (κ2) is 6.96. The molecule has 1 saturated carbocycles. The number of nitrogens with zero attached hydrogens (tertiary/aromatic N) is 3. The van der Waals surface area contributed by atoms with Gasteiger partial charge in [-0.2, -0.15) is 0 Å². The monoisotopic (exact) mass is 342 g/mol. The molecule has 3 rings (SSSR count). The molecule has 1 N–H and O–H groups in total. The first-order valence-electron chi connectivity index (χ1n) is 8.80. The molecule has 1 heterocycles. The maximum absolute atomic E-state index is 12.6. The zero-order valence-electron chi connectivity index (χ0n) is 15.4. The Morgan fingerprint density at radius 3 is 2.68 bits per heavy atom. The molecule has 6 nitrogen and oxygen atoms in total. The Bertz CT molecular complexity index is 763. The van der Waals surface area contributed by atoms with Gasteiger partial charge in [-0.1, -0.05) is 32.0 Å². The number of aryl methyl sites for hydroxylation is 1. The molecule has 0 bridgehead atoms. The first-order valence-corrected chi connectivity index (χ1v) is 8.80. The van der Waals surface area contributed by atoms with Crippen LogP contribution in [0.3, 0.4) is 0 Å². The highest BCUT2D eigenvalue weighted by Crippen LogP contribution is 2.32. The largest absolute Gasteiger partial charge is 0.382 e. The van der Waals surface area contributed by atoms with E-state index >= 15 is 0 Å². The predicted octanol–water partition coefficient (Wildman–Crippen LogP) is 3.00. The van der Waals surface area contributed by atoms with Crippen LogP contribution in [-0.4, -0.2) is 39.9 Å². The van der Waals surface area contributed by atoms with Crippen molar-refractivity contribution in [1.29, 1.82) is 0 Å². The van der Waals surface area contributed by atoms with Gasteiger partial charge < -0.3 is 10.1 Å². The standard InChI is InChI=1S/C19H26N4O2/c1-13(2)15-8-5-6-9-16(15)23-14(3)20-17(22-23)18(24)21-19(12-25-4)10-7-11-19/h5-6,8-9,13H,7,10-12H2,1-4H3,(H,21,24). The lowest BCUT2D eigenvalue weighted by Gasteiger charge is -2.41. The molecule has 0 atom stereocenters. The molecule has 0 unspecified atom stereocenters. The van der Waals surface area contributed by atoms with Crippen molar-refractivity contribution < 1.29 is 9.53 Å². The summed E-state index contributed by atoms with van der Waals surface area (Å²) >= 11 is 0. The number of para-hydroxylation sites is 1. The van der Waals surface area contributed by atoms with Crippen molar-refractivity contribution >= 4 is 5.91 Å². The van der Waals surface area contributed by atoms with Crippen LogP contribution < -0.4 is 5.32 Å². The van der Waals surface area contributed by atoms with Gasteiger partial charge in [-0.3, -0.25) is 4.79 Å². The quantitative estimate of drug-likeness (QED) is 0.876. The Morgan fingerprint density at radius 1 is 1.36 bits per heavy atom. The summed E-state index contributed by atoms with van der Waals surface area (Å²) in [4.78, 5) is 17.0. The van der Waals surface area contributed by atoms with Crippen molar-refractivity contribution in [2.24, 2.45) is 0 Å². The van der Waals surface area contributed by atoms with Crippen molar-refractivity contribution in [1.82, 2.24) is 20.1 Å². The summed E-state index contributed by atoms with van der Waals surface area (Å²) in [6.07, 6.45) is 2.97. The Morgan fingerprint density at radius 2 is 2.08 bits per heavy atom. The lowest BCUT2D eigenvalue weighted by atomic mass is 9.77. The minimum atomic E-state index is -0.263. The fourth-order valence-electron chi connectivity index (χ4n) is 3.37. The molecule has 25 heavy (non-hydrogen) atoms. The normalized spacial score (nSPS) is 15.9. The molecule has 0 aliphatic heterocycles. The van der Waals surface area contributed by atoms with Crippen LogP contribution in [0.15, 0.2) is 24.3 Å². The van der Waals surface area contributed by atoms with Crippen molar-refractivity contribution in [2.75, 3.05) is 13.7 Å². The van der Waals surface area contributed by atoms with E-state index in [1.54, 1.807) is 11.8 Å². The van der Waals surface area contributed by atoms with Crippen molar-refractivity contribution in [2.45, 2.75) is 51.5 Å². The maximum Gasteiger partial charge on any atom is 0.291 e.